The number of hydrogen-bond donors (Lipinski definition) is 1. The SMILES string of the molecule is CC(C)(NC(=O)C(Br)C(C)(C)C)c1ccccc1.CCOC(=O)/C(Cl)=C/c1cc(N2C(=O)C3=C(CCCC3)C2=O)ccc1Cl. The average molecular weight is 707 g/mol. The van der Waals surface area contributed by atoms with Gasteiger partial charge in [0.1, 0.15) is 5.03 Å². The Morgan fingerprint density at radius 1 is 1.00 bits per heavy atom. The van der Waals surface area contributed by atoms with E-state index in [0.717, 1.165) is 18.4 Å². The first-order valence-corrected chi connectivity index (χ1v) is 16.2. The molecule has 1 heterocycles. The van der Waals surface area contributed by atoms with E-state index in [1.165, 1.54) is 11.0 Å². The molecule has 1 atom stereocenters. The van der Waals surface area contributed by atoms with Crippen molar-refractivity contribution in [3.05, 3.63) is 80.9 Å². The number of halogens is 3. The fraction of sp³-hybridized carbons (Fsp3) is 0.412. The molecule has 0 aromatic heterocycles. The molecule has 2 aromatic rings. The molecule has 10 heteroatoms. The fourth-order valence-corrected chi connectivity index (χ4v) is 5.30. The molecule has 7 nitrogen and oxygen atoms in total. The van der Waals surface area contributed by atoms with Crippen LogP contribution in [-0.2, 0) is 29.5 Å². The minimum Gasteiger partial charge on any atom is -0.462 e. The van der Waals surface area contributed by atoms with Gasteiger partial charge >= 0.3 is 5.97 Å². The standard InChI is InChI=1S/C19H17Cl2NO4.C15H22BrNO/c1-2-26-19(25)16(21)10-11-9-12(7-8-15(11)20)22-17(23)13-5-3-4-6-14(13)18(22)24;1-14(2,3)12(16)13(18)17-15(4,5)11-9-7-6-8-10-11/h7-10H,2-6H2,1H3;6-10,12H,1-5H3,(H,17,18)/b16-10-;. The van der Waals surface area contributed by atoms with E-state index in [1.54, 1.807) is 25.1 Å². The Bertz CT molecular complexity index is 1450. The number of carbonyl (C=O) groups is 4. The summed E-state index contributed by atoms with van der Waals surface area (Å²) in [4.78, 5) is 50.2. The molecular weight excluding hydrogens is 667 g/mol. The molecule has 1 aliphatic heterocycles. The first-order chi connectivity index (χ1) is 20.6. The first-order valence-electron chi connectivity index (χ1n) is 14.5. The van der Waals surface area contributed by atoms with Crippen LogP contribution < -0.4 is 10.2 Å². The zero-order valence-corrected chi connectivity index (χ0v) is 29.0. The summed E-state index contributed by atoms with van der Waals surface area (Å²) in [6.07, 6.45) is 4.45. The van der Waals surface area contributed by atoms with Crippen LogP contribution in [0.2, 0.25) is 5.02 Å². The van der Waals surface area contributed by atoms with E-state index in [0.29, 0.717) is 40.3 Å². The van der Waals surface area contributed by atoms with Gasteiger partial charge < -0.3 is 10.1 Å². The summed E-state index contributed by atoms with van der Waals surface area (Å²) in [5.41, 5.74) is 2.68. The van der Waals surface area contributed by atoms with E-state index >= 15 is 0 Å². The van der Waals surface area contributed by atoms with Gasteiger partial charge in [0, 0.05) is 16.2 Å². The maximum Gasteiger partial charge on any atom is 0.349 e. The number of imide groups is 1. The Labute approximate surface area is 278 Å². The lowest BCUT2D eigenvalue weighted by molar-refractivity contribution is -0.137. The number of nitrogens with zero attached hydrogens (tertiary/aromatic N) is 1. The van der Waals surface area contributed by atoms with Crippen LogP contribution in [-0.4, -0.2) is 35.1 Å². The molecule has 0 saturated carbocycles. The molecule has 236 valence electrons. The molecule has 2 aromatic carbocycles. The number of rotatable bonds is 7. The minimum atomic E-state index is -0.666. The van der Waals surface area contributed by atoms with Crippen molar-refractivity contribution < 1.29 is 23.9 Å². The third kappa shape index (κ3) is 8.61. The number of anilines is 1. The molecule has 3 amide bonds. The van der Waals surface area contributed by atoms with E-state index in [9.17, 15) is 19.2 Å². The maximum absolute atomic E-state index is 12.7. The Balaban J connectivity index is 0.000000259. The van der Waals surface area contributed by atoms with Gasteiger partial charge in [0.25, 0.3) is 11.8 Å². The van der Waals surface area contributed by atoms with Crippen molar-refractivity contribution in [1.29, 1.82) is 0 Å². The second-order valence-corrected chi connectivity index (χ2v) is 14.0. The van der Waals surface area contributed by atoms with E-state index in [4.69, 9.17) is 27.9 Å². The van der Waals surface area contributed by atoms with Gasteiger partial charge in [-0.05, 0) is 87.3 Å². The van der Waals surface area contributed by atoms with Crippen molar-refractivity contribution in [2.45, 2.75) is 77.6 Å². The Morgan fingerprint density at radius 2 is 1.57 bits per heavy atom. The third-order valence-corrected chi connectivity index (χ3v) is 9.70. The smallest absolute Gasteiger partial charge is 0.349 e. The molecular formula is C34H39BrCl2N2O5. The molecule has 1 N–H and O–H groups in total. The monoisotopic (exact) mass is 704 g/mol. The molecule has 0 radical (unpaired) electrons. The normalized spacial score (nSPS) is 16.2. The molecule has 0 fully saturated rings. The average Bonchev–Trinajstić information content (AvgIpc) is 3.23. The van der Waals surface area contributed by atoms with Gasteiger partial charge in [-0.3, -0.25) is 14.4 Å². The Hall–Kier alpha value is -2.94. The first kappa shape index (κ1) is 35.5. The van der Waals surface area contributed by atoms with Crippen molar-refractivity contribution in [2.24, 2.45) is 5.41 Å². The highest BCUT2D eigenvalue weighted by Crippen LogP contribution is 2.37. The maximum atomic E-state index is 12.7. The van der Waals surface area contributed by atoms with Gasteiger partial charge in [0.05, 0.1) is 22.7 Å². The van der Waals surface area contributed by atoms with E-state index in [-0.39, 0.29) is 45.1 Å². The van der Waals surface area contributed by atoms with Crippen LogP contribution in [0.15, 0.2) is 64.7 Å². The molecule has 1 unspecified atom stereocenters. The highest BCUT2D eigenvalue weighted by molar-refractivity contribution is 9.10. The van der Waals surface area contributed by atoms with Crippen molar-refractivity contribution in [3.63, 3.8) is 0 Å². The predicted molar refractivity (Wildman–Crippen MR) is 180 cm³/mol. The van der Waals surface area contributed by atoms with Gasteiger partial charge in [-0.1, -0.05) is 90.2 Å². The molecule has 4 rings (SSSR count). The summed E-state index contributed by atoms with van der Waals surface area (Å²) in [6.45, 7) is 12.0. The van der Waals surface area contributed by atoms with E-state index < -0.39 is 5.97 Å². The lowest BCUT2D eigenvalue weighted by atomic mass is 9.89. The second-order valence-electron chi connectivity index (χ2n) is 12.2. The van der Waals surface area contributed by atoms with Crippen molar-refractivity contribution >= 4 is 74.6 Å². The largest absolute Gasteiger partial charge is 0.462 e. The van der Waals surface area contributed by atoms with Crippen LogP contribution in [0.25, 0.3) is 6.08 Å². The highest BCUT2D eigenvalue weighted by atomic mass is 79.9. The molecule has 44 heavy (non-hydrogen) atoms. The van der Waals surface area contributed by atoms with Gasteiger partial charge in [-0.25, -0.2) is 9.69 Å². The summed E-state index contributed by atoms with van der Waals surface area (Å²) in [5, 5.41) is 3.30. The lowest BCUT2D eigenvalue weighted by Crippen LogP contribution is -2.47. The van der Waals surface area contributed by atoms with Crippen LogP contribution in [0.3, 0.4) is 0 Å². The number of hydrogen-bond acceptors (Lipinski definition) is 5. The van der Waals surface area contributed by atoms with Gasteiger partial charge in [-0.2, -0.15) is 0 Å². The zero-order chi connectivity index (χ0) is 32.8. The summed E-state index contributed by atoms with van der Waals surface area (Å²) in [7, 11) is 0. The van der Waals surface area contributed by atoms with Gasteiger partial charge in [0.2, 0.25) is 5.91 Å². The molecule has 0 saturated heterocycles. The predicted octanol–water partition coefficient (Wildman–Crippen LogP) is 8.07. The highest BCUT2D eigenvalue weighted by Gasteiger charge is 2.39. The molecule has 2 aliphatic rings. The van der Waals surface area contributed by atoms with Crippen LogP contribution in [0.1, 0.15) is 78.4 Å². The molecule has 1 aliphatic carbocycles. The van der Waals surface area contributed by atoms with Crippen molar-refractivity contribution in [2.75, 3.05) is 11.5 Å². The number of esters is 1. The summed E-state index contributed by atoms with van der Waals surface area (Å²) >= 11 is 15.6. The third-order valence-electron chi connectivity index (χ3n) is 7.30. The van der Waals surface area contributed by atoms with E-state index in [1.807, 2.05) is 65.0 Å². The topological polar surface area (TPSA) is 92.8 Å². The number of benzene rings is 2. The quantitative estimate of drug-likeness (QED) is 0.136. The summed E-state index contributed by atoms with van der Waals surface area (Å²) < 4.78 is 4.84. The molecule has 0 bridgehead atoms. The Morgan fingerprint density at radius 3 is 2.09 bits per heavy atom. The van der Waals surface area contributed by atoms with Crippen LogP contribution in [0.4, 0.5) is 5.69 Å². The lowest BCUT2D eigenvalue weighted by Gasteiger charge is -2.31. The number of nitrogens with one attached hydrogen (secondary N) is 1. The number of carbonyl (C=O) groups excluding carboxylic acids is 4. The van der Waals surface area contributed by atoms with Crippen molar-refractivity contribution in [3.8, 4) is 0 Å². The fourth-order valence-electron chi connectivity index (χ4n) is 4.84. The Kier molecular flexibility index (Phi) is 12.0. The van der Waals surface area contributed by atoms with Crippen LogP contribution >= 0.6 is 39.1 Å². The van der Waals surface area contributed by atoms with Crippen LogP contribution in [0, 0.1) is 5.41 Å². The van der Waals surface area contributed by atoms with Crippen molar-refractivity contribution in [1.82, 2.24) is 5.32 Å². The van der Waals surface area contributed by atoms with E-state index in [2.05, 4.69) is 21.2 Å². The zero-order valence-electron chi connectivity index (χ0n) is 25.9. The second kappa shape index (κ2) is 14.9. The number of amides is 3. The van der Waals surface area contributed by atoms with Crippen LogP contribution in [0.5, 0.6) is 0 Å². The summed E-state index contributed by atoms with van der Waals surface area (Å²) in [6, 6.07) is 14.7. The van der Waals surface area contributed by atoms with Gasteiger partial charge in [-0.15, -0.1) is 0 Å². The summed E-state index contributed by atoms with van der Waals surface area (Å²) in [5.74, 6) is -1.20. The number of ether oxygens (including phenoxy) is 1. The number of alkyl halides is 1. The minimum absolute atomic E-state index is 0.0244. The van der Waals surface area contributed by atoms with Gasteiger partial charge in [0.15, 0.2) is 0 Å². The molecule has 0 spiro atoms.